The van der Waals surface area contributed by atoms with Crippen LogP contribution in [-0.4, -0.2) is 25.3 Å². The lowest BCUT2D eigenvalue weighted by Crippen LogP contribution is -2.15. The quantitative estimate of drug-likeness (QED) is 0.642. The van der Waals surface area contributed by atoms with E-state index in [0.29, 0.717) is 29.5 Å². The lowest BCUT2D eigenvalue weighted by atomic mass is 10.1. The number of methoxy groups -OCH3 is 1. The third-order valence-corrected chi connectivity index (χ3v) is 5.02. The minimum atomic E-state index is 0.453. The van der Waals surface area contributed by atoms with Crippen LogP contribution in [0.1, 0.15) is 5.01 Å². The van der Waals surface area contributed by atoms with Gasteiger partial charge in [-0.1, -0.05) is 12.1 Å². The van der Waals surface area contributed by atoms with Crippen molar-refractivity contribution in [3.8, 4) is 34.6 Å². The summed E-state index contributed by atoms with van der Waals surface area (Å²) in [6, 6.07) is 15.5. The SMILES string of the molecule is COc1cccc(-c2csc(C(C#N)=CNc3ccc4c(c3)OCCO4)n2)c1. The van der Waals surface area contributed by atoms with E-state index in [-0.39, 0.29) is 0 Å². The van der Waals surface area contributed by atoms with E-state index in [1.54, 1.807) is 13.3 Å². The van der Waals surface area contributed by atoms with E-state index < -0.39 is 0 Å². The second-order valence-electron chi connectivity index (χ2n) is 5.94. The zero-order chi connectivity index (χ0) is 19.3. The third kappa shape index (κ3) is 3.77. The zero-order valence-electron chi connectivity index (χ0n) is 15.1. The number of thiazole rings is 1. The molecule has 0 unspecified atom stereocenters. The Morgan fingerprint density at radius 1 is 1.21 bits per heavy atom. The number of nitrogens with one attached hydrogen (secondary N) is 1. The van der Waals surface area contributed by atoms with Gasteiger partial charge in [0.05, 0.1) is 12.8 Å². The van der Waals surface area contributed by atoms with Gasteiger partial charge in [-0.05, 0) is 24.3 Å². The van der Waals surface area contributed by atoms with Gasteiger partial charge < -0.3 is 19.5 Å². The van der Waals surface area contributed by atoms with Crippen LogP contribution >= 0.6 is 11.3 Å². The fourth-order valence-electron chi connectivity index (χ4n) is 2.74. The van der Waals surface area contributed by atoms with E-state index in [0.717, 1.165) is 28.4 Å². The number of anilines is 1. The average molecular weight is 391 g/mol. The molecule has 1 aromatic heterocycles. The number of nitrogens with zero attached hydrogens (tertiary/aromatic N) is 2. The van der Waals surface area contributed by atoms with Crippen molar-refractivity contribution < 1.29 is 14.2 Å². The fourth-order valence-corrected chi connectivity index (χ4v) is 3.54. The fraction of sp³-hybridized carbons (Fsp3) is 0.143. The standard InChI is InChI=1S/C21H17N3O3S/c1-25-17-4-2-3-14(9-17)18-13-28-21(24-18)15(11-22)12-23-16-5-6-19-20(10-16)27-8-7-26-19/h2-6,9-10,12-13,23H,7-8H2,1H3. The smallest absolute Gasteiger partial charge is 0.163 e. The molecule has 0 bridgehead atoms. The highest BCUT2D eigenvalue weighted by Gasteiger charge is 2.12. The number of nitriles is 1. The van der Waals surface area contributed by atoms with Crippen molar-refractivity contribution in [2.75, 3.05) is 25.6 Å². The number of rotatable bonds is 5. The molecule has 0 radical (unpaired) electrons. The second-order valence-corrected chi connectivity index (χ2v) is 6.80. The van der Waals surface area contributed by atoms with E-state index >= 15 is 0 Å². The molecule has 1 aliphatic rings. The first-order valence-corrected chi connectivity index (χ1v) is 9.51. The number of ether oxygens (including phenoxy) is 3. The summed E-state index contributed by atoms with van der Waals surface area (Å²) in [5.41, 5.74) is 3.01. The Labute approximate surface area is 166 Å². The molecule has 0 aliphatic carbocycles. The summed E-state index contributed by atoms with van der Waals surface area (Å²) in [5.74, 6) is 2.19. The van der Waals surface area contributed by atoms with Crippen LogP contribution in [0.25, 0.3) is 16.8 Å². The van der Waals surface area contributed by atoms with Crippen molar-refractivity contribution >= 4 is 22.6 Å². The summed E-state index contributed by atoms with van der Waals surface area (Å²) in [6.45, 7) is 1.08. The van der Waals surface area contributed by atoms with Crippen molar-refractivity contribution in [3.63, 3.8) is 0 Å². The molecule has 6 nitrogen and oxygen atoms in total. The lowest BCUT2D eigenvalue weighted by Gasteiger charge is -2.18. The highest BCUT2D eigenvalue weighted by atomic mass is 32.1. The molecule has 0 saturated carbocycles. The van der Waals surface area contributed by atoms with Crippen LogP contribution in [0, 0.1) is 11.3 Å². The number of hydrogen-bond acceptors (Lipinski definition) is 7. The van der Waals surface area contributed by atoms with Gasteiger partial charge in [-0.15, -0.1) is 11.3 Å². The number of hydrogen-bond donors (Lipinski definition) is 1. The first-order valence-electron chi connectivity index (χ1n) is 8.63. The topological polar surface area (TPSA) is 76.4 Å². The normalized spacial score (nSPS) is 12.9. The van der Waals surface area contributed by atoms with Crippen molar-refractivity contribution in [2.45, 2.75) is 0 Å². The molecule has 0 fully saturated rings. The van der Waals surface area contributed by atoms with E-state index in [1.165, 1.54) is 11.3 Å². The van der Waals surface area contributed by atoms with Crippen molar-refractivity contribution in [1.82, 2.24) is 4.98 Å². The van der Waals surface area contributed by atoms with Crippen molar-refractivity contribution in [1.29, 1.82) is 5.26 Å². The highest BCUT2D eigenvalue weighted by Crippen LogP contribution is 2.33. The maximum Gasteiger partial charge on any atom is 0.163 e. The Kier molecular flexibility index (Phi) is 5.13. The van der Waals surface area contributed by atoms with Gasteiger partial charge in [0.25, 0.3) is 0 Å². The zero-order valence-corrected chi connectivity index (χ0v) is 16.0. The van der Waals surface area contributed by atoms with Crippen LogP contribution in [-0.2, 0) is 0 Å². The second kappa shape index (κ2) is 8.03. The van der Waals surface area contributed by atoms with Gasteiger partial charge in [0.15, 0.2) is 11.5 Å². The van der Waals surface area contributed by atoms with Crippen LogP contribution in [0.3, 0.4) is 0 Å². The molecule has 7 heteroatoms. The summed E-state index contributed by atoms with van der Waals surface area (Å²) < 4.78 is 16.4. The first kappa shape index (κ1) is 17.9. The monoisotopic (exact) mass is 391 g/mol. The van der Waals surface area contributed by atoms with Gasteiger partial charge in [-0.25, -0.2) is 4.98 Å². The molecule has 140 valence electrons. The molecule has 2 heterocycles. The number of allylic oxidation sites excluding steroid dienone is 1. The van der Waals surface area contributed by atoms with Crippen LogP contribution in [0.15, 0.2) is 54.0 Å². The third-order valence-electron chi connectivity index (χ3n) is 4.15. The molecule has 0 atom stereocenters. The largest absolute Gasteiger partial charge is 0.497 e. The summed E-state index contributed by atoms with van der Waals surface area (Å²) in [7, 11) is 1.63. The number of benzene rings is 2. The minimum absolute atomic E-state index is 0.453. The van der Waals surface area contributed by atoms with Crippen LogP contribution < -0.4 is 19.5 Å². The molecule has 0 saturated heterocycles. The Morgan fingerprint density at radius 3 is 2.89 bits per heavy atom. The molecule has 2 aromatic carbocycles. The summed E-state index contributed by atoms with van der Waals surface area (Å²) in [6.07, 6.45) is 1.65. The first-order chi connectivity index (χ1) is 13.8. The molecule has 1 aliphatic heterocycles. The minimum Gasteiger partial charge on any atom is -0.497 e. The van der Waals surface area contributed by atoms with Crippen molar-refractivity contribution in [2.24, 2.45) is 0 Å². The Bertz CT molecular complexity index is 1070. The van der Waals surface area contributed by atoms with E-state index in [4.69, 9.17) is 14.2 Å². The van der Waals surface area contributed by atoms with Crippen LogP contribution in [0.4, 0.5) is 5.69 Å². The number of fused-ring (bicyclic) bond motifs is 1. The molecule has 0 spiro atoms. The van der Waals surface area contributed by atoms with Gasteiger partial charge >= 0.3 is 0 Å². The maximum absolute atomic E-state index is 9.56. The van der Waals surface area contributed by atoms with Gasteiger partial charge in [0.2, 0.25) is 0 Å². The van der Waals surface area contributed by atoms with E-state index in [2.05, 4.69) is 16.4 Å². The molecule has 4 rings (SSSR count). The van der Waals surface area contributed by atoms with Crippen LogP contribution in [0.2, 0.25) is 0 Å². The van der Waals surface area contributed by atoms with E-state index in [1.807, 2.05) is 47.8 Å². The molecular weight excluding hydrogens is 374 g/mol. The Balaban J connectivity index is 1.54. The molecule has 1 N–H and O–H groups in total. The molecule has 3 aromatic rings. The van der Waals surface area contributed by atoms with Crippen molar-refractivity contribution in [3.05, 3.63) is 59.1 Å². The van der Waals surface area contributed by atoms with E-state index in [9.17, 15) is 5.26 Å². The van der Waals surface area contributed by atoms with Gasteiger partial charge in [0.1, 0.15) is 35.6 Å². The average Bonchev–Trinajstić information content (AvgIpc) is 3.24. The molecular formula is C21H17N3O3S. The predicted molar refractivity (Wildman–Crippen MR) is 109 cm³/mol. The molecule has 28 heavy (non-hydrogen) atoms. The van der Waals surface area contributed by atoms with Gasteiger partial charge in [-0.3, -0.25) is 0 Å². The lowest BCUT2D eigenvalue weighted by molar-refractivity contribution is 0.171. The summed E-state index contributed by atoms with van der Waals surface area (Å²) >= 11 is 1.42. The van der Waals surface area contributed by atoms with Gasteiger partial charge in [0, 0.05) is 28.9 Å². The maximum atomic E-state index is 9.56. The van der Waals surface area contributed by atoms with Gasteiger partial charge in [-0.2, -0.15) is 5.26 Å². The Morgan fingerprint density at radius 2 is 2.07 bits per heavy atom. The Hall–Kier alpha value is -3.50. The number of aromatic nitrogens is 1. The summed E-state index contributed by atoms with van der Waals surface area (Å²) in [5, 5.41) is 15.3. The predicted octanol–water partition coefficient (Wildman–Crippen LogP) is 4.57. The highest BCUT2D eigenvalue weighted by molar-refractivity contribution is 7.11. The molecule has 0 amide bonds. The van der Waals surface area contributed by atoms with Crippen LogP contribution in [0.5, 0.6) is 17.2 Å². The summed E-state index contributed by atoms with van der Waals surface area (Å²) in [4.78, 5) is 4.60.